The Kier molecular flexibility index (Phi) is 5.25. The molecule has 2 N–H and O–H groups in total. The minimum Gasteiger partial charge on any atom is -0.345 e. The summed E-state index contributed by atoms with van der Waals surface area (Å²) in [5.74, 6) is 6.12. The molecule has 0 aliphatic carbocycles. The van der Waals surface area contributed by atoms with Crippen LogP contribution in [0.1, 0.15) is 30.9 Å². The lowest BCUT2D eigenvalue weighted by Gasteiger charge is -2.22. The van der Waals surface area contributed by atoms with Gasteiger partial charge in [-0.15, -0.1) is 0 Å². The Morgan fingerprint density at radius 1 is 1.47 bits per heavy atom. The molecule has 0 saturated carbocycles. The molecule has 1 fully saturated rings. The first-order valence-electron chi connectivity index (χ1n) is 6.22. The van der Waals surface area contributed by atoms with Gasteiger partial charge in [0.05, 0.1) is 6.04 Å². The summed E-state index contributed by atoms with van der Waals surface area (Å²) in [6.45, 7) is 4.27. The summed E-state index contributed by atoms with van der Waals surface area (Å²) in [5.41, 5.74) is 1.14. The molecule has 0 aromatic carbocycles. The van der Waals surface area contributed by atoms with Crippen molar-refractivity contribution in [2.75, 3.05) is 23.0 Å². The molecule has 96 valence electrons. The summed E-state index contributed by atoms with van der Waals surface area (Å²) in [4.78, 5) is 7.79. The van der Waals surface area contributed by atoms with Gasteiger partial charge >= 0.3 is 0 Å². The topological polar surface area (TPSA) is 40.7 Å². The van der Waals surface area contributed by atoms with Crippen molar-refractivity contribution in [2.24, 2.45) is 0 Å². The van der Waals surface area contributed by atoms with Crippen LogP contribution in [0.4, 0.5) is 0 Å². The van der Waals surface area contributed by atoms with Gasteiger partial charge in [0.2, 0.25) is 0 Å². The minimum atomic E-state index is 0.369. The normalized spacial score (nSPS) is 20.1. The zero-order chi connectivity index (χ0) is 12.1. The third-order valence-corrected chi connectivity index (χ3v) is 5.43. The summed E-state index contributed by atoms with van der Waals surface area (Å²) in [7, 11) is 0. The van der Waals surface area contributed by atoms with Crippen molar-refractivity contribution in [3.05, 3.63) is 17.7 Å². The van der Waals surface area contributed by atoms with Crippen LogP contribution in [0, 0.1) is 6.92 Å². The van der Waals surface area contributed by atoms with Gasteiger partial charge in [0.1, 0.15) is 5.82 Å². The maximum atomic E-state index is 4.44. The van der Waals surface area contributed by atoms with Crippen LogP contribution in [0.25, 0.3) is 0 Å². The van der Waals surface area contributed by atoms with Gasteiger partial charge < -0.3 is 10.3 Å². The number of nitrogens with one attached hydrogen (secondary N) is 2. The van der Waals surface area contributed by atoms with E-state index < -0.39 is 0 Å². The van der Waals surface area contributed by atoms with Crippen LogP contribution in [0.15, 0.2) is 6.20 Å². The number of hydrogen-bond donors (Lipinski definition) is 2. The molecule has 2 rings (SSSR count). The van der Waals surface area contributed by atoms with Crippen molar-refractivity contribution in [3.8, 4) is 0 Å². The van der Waals surface area contributed by atoms with Crippen LogP contribution in [-0.4, -0.2) is 39.0 Å². The summed E-state index contributed by atoms with van der Waals surface area (Å²) in [6, 6.07) is 0.982. The highest BCUT2D eigenvalue weighted by molar-refractivity contribution is 8.03. The van der Waals surface area contributed by atoms with Crippen LogP contribution in [-0.2, 0) is 0 Å². The lowest BCUT2D eigenvalue weighted by Crippen LogP contribution is -2.36. The molecule has 1 aliphatic heterocycles. The van der Waals surface area contributed by atoms with E-state index in [-0.39, 0.29) is 0 Å². The summed E-state index contributed by atoms with van der Waals surface area (Å²) >= 11 is 4.13. The van der Waals surface area contributed by atoms with Gasteiger partial charge in [0.15, 0.2) is 0 Å². The molecule has 0 spiro atoms. The van der Waals surface area contributed by atoms with Gasteiger partial charge in [-0.3, -0.25) is 0 Å². The third kappa shape index (κ3) is 3.93. The number of aromatic amines is 1. The number of H-pyrrole nitrogens is 1. The number of thioether (sulfide) groups is 2. The van der Waals surface area contributed by atoms with E-state index in [9.17, 15) is 0 Å². The molecule has 1 aliphatic rings. The Morgan fingerprint density at radius 3 is 2.71 bits per heavy atom. The van der Waals surface area contributed by atoms with Crippen LogP contribution >= 0.6 is 23.5 Å². The Balaban J connectivity index is 1.94. The highest BCUT2D eigenvalue weighted by Crippen LogP contribution is 2.20. The van der Waals surface area contributed by atoms with E-state index in [1.807, 2.05) is 6.20 Å². The monoisotopic (exact) mass is 271 g/mol. The maximum Gasteiger partial charge on any atom is 0.123 e. The van der Waals surface area contributed by atoms with Crippen molar-refractivity contribution < 1.29 is 0 Å². The third-order valence-electron chi connectivity index (χ3n) is 2.91. The Morgan fingerprint density at radius 2 is 2.18 bits per heavy atom. The van der Waals surface area contributed by atoms with Gasteiger partial charge in [0, 0.05) is 40.9 Å². The van der Waals surface area contributed by atoms with Crippen molar-refractivity contribution in [2.45, 2.75) is 32.4 Å². The molecular formula is C12H21N3S2. The highest BCUT2D eigenvalue weighted by Gasteiger charge is 2.19. The van der Waals surface area contributed by atoms with E-state index in [0.29, 0.717) is 12.1 Å². The first-order valence-corrected chi connectivity index (χ1v) is 8.53. The highest BCUT2D eigenvalue weighted by atomic mass is 32.2. The lowest BCUT2D eigenvalue weighted by atomic mass is 10.2. The fraction of sp³-hybridized carbons (Fsp3) is 0.750. The largest absolute Gasteiger partial charge is 0.345 e. The predicted molar refractivity (Wildman–Crippen MR) is 77.9 cm³/mol. The molecule has 5 heteroatoms. The van der Waals surface area contributed by atoms with E-state index in [1.54, 1.807) is 0 Å². The Bertz CT molecular complexity index is 332. The van der Waals surface area contributed by atoms with Crippen LogP contribution in [0.2, 0.25) is 0 Å². The van der Waals surface area contributed by atoms with Gasteiger partial charge in [-0.2, -0.15) is 23.5 Å². The average molecular weight is 271 g/mol. The standard InChI is InChI=1S/C12H21N3S2/c1-3-11(12-13-6-9(2)14-12)15-10-7-16-4-5-17-8-10/h6,10-11,15H,3-5,7-8H2,1-2H3,(H,13,14)/t11-/m1/s1. The van der Waals surface area contributed by atoms with Crippen molar-refractivity contribution in [3.63, 3.8) is 0 Å². The van der Waals surface area contributed by atoms with Crippen LogP contribution < -0.4 is 5.32 Å². The molecule has 1 aromatic heterocycles. The summed E-state index contributed by atoms with van der Waals surface area (Å²) in [6.07, 6.45) is 3.00. The lowest BCUT2D eigenvalue weighted by molar-refractivity contribution is 0.458. The molecule has 0 radical (unpaired) electrons. The molecule has 2 heterocycles. The van der Waals surface area contributed by atoms with E-state index in [2.05, 4.69) is 52.7 Å². The number of nitrogens with zero attached hydrogens (tertiary/aromatic N) is 1. The van der Waals surface area contributed by atoms with Gasteiger partial charge in [0.25, 0.3) is 0 Å². The predicted octanol–water partition coefficient (Wildman–Crippen LogP) is 2.61. The number of hydrogen-bond acceptors (Lipinski definition) is 4. The Hall–Kier alpha value is -0.130. The second kappa shape index (κ2) is 6.71. The molecule has 1 saturated heterocycles. The maximum absolute atomic E-state index is 4.44. The van der Waals surface area contributed by atoms with Gasteiger partial charge in [-0.25, -0.2) is 4.98 Å². The molecule has 0 amide bonds. The molecule has 3 nitrogen and oxygen atoms in total. The van der Waals surface area contributed by atoms with Gasteiger partial charge in [-0.1, -0.05) is 6.92 Å². The Labute approximate surface area is 112 Å². The van der Waals surface area contributed by atoms with Crippen molar-refractivity contribution >= 4 is 23.5 Å². The SMILES string of the molecule is CC[C@@H](NC1CSCCSC1)c1ncc(C)[nH]1. The minimum absolute atomic E-state index is 0.369. The number of rotatable bonds is 4. The van der Waals surface area contributed by atoms with E-state index >= 15 is 0 Å². The molecule has 1 atom stereocenters. The smallest absolute Gasteiger partial charge is 0.123 e. The molecule has 0 unspecified atom stereocenters. The van der Waals surface area contributed by atoms with Crippen molar-refractivity contribution in [1.82, 2.24) is 15.3 Å². The first kappa shape index (κ1) is 13.3. The fourth-order valence-electron chi connectivity index (χ4n) is 2.00. The van der Waals surface area contributed by atoms with Crippen LogP contribution in [0.5, 0.6) is 0 Å². The molecule has 1 aromatic rings. The van der Waals surface area contributed by atoms with E-state index in [4.69, 9.17) is 0 Å². The van der Waals surface area contributed by atoms with Crippen LogP contribution in [0.3, 0.4) is 0 Å². The quantitative estimate of drug-likeness (QED) is 0.883. The average Bonchev–Trinajstić information content (AvgIpc) is 2.62. The number of imidazole rings is 1. The van der Waals surface area contributed by atoms with Crippen molar-refractivity contribution in [1.29, 1.82) is 0 Å². The number of aryl methyl sites for hydroxylation is 1. The van der Waals surface area contributed by atoms with E-state index in [0.717, 1.165) is 17.9 Å². The second-order valence-electron chi connectivity index (χ2n) is 4.43. The molecule has 17 heavy (non-hydrogen) atoms. The molecular weight excluding hydrogens is 250 g/mol. The second-order valence-corrected chi connectivity index (χ2v) is 6.73. The fourth-order valence-corrected chi connectivity index (χ4v) is 4.42. The zero-order valence-electron chi connectivity index (χ0n) is 10.5. The summed E-state index contributed by atoms with van der Waals surface area (Å²) in [5, 5.41) is 3.74. The van der Waals surface area contributed by atoms with E-state index in [1.165, 1.54) is 23.0 Å². The van der Waals surface area contributed by atoms with Gasteiger partial charge in [-0.05, 0) is 13.3 Å². The number of aromatic nitrogens is 2. The molecule has 0 bridgehead atoms. The zero-order valence-corrected chi connectivity index (χ0v) is 12.2. The summed E-state index contributed by atoms with van der Waals surface area (Å²) < 4.78 is 0. The first-order chi connectivity index (χ1) is 8.29.